The van der Waals surface area contributed by atoms with Crippen molar-refractivity contribution in [2.75, 3.05) is 19.6 Å². The van der Waals surface area contributed by atoms with Crippen LogP contribution in [0.15, 0.2) is 54.6 Å². The van der Waals surface area contributed by atoms with E-state index in [1.165, 1.54) is 25.3 Å². The topological polar surface area (TPSA) is 78.9 Å². The lowest BCUT2D eigenvalue weighted by Crippen LogP contribution is -2.61. The molecule has 2 saturated carbocycles. The predicted octanol–water partition coefficient (Wildman–Crippen LogP) is 5.38. The van der Waals surface area contributed by atoms with Crippen LogP contribution >= 0.6 is 0 Å². The van der Waals surface area contributed by atoms with Gasteiger partial charge in [0.05, 0.1) is 0 Å². The number of hydrogen-bond donors (Lipinski definition) is 2. The molecule has 1 aliphatic heterocycles. The molecule has 0 radical (unpaired) electrons. The molecule has 3 aliphatic rings. The second-order valence-electron chi connectivity index (χ2n) is 12.2. The summed E-state index contributed by atoms with van der Waals surface area (Å²) in [6, 6.07) is 18.0. The molecule has 6 nitrogen and oxygen atoms in total. The van der Waals surface area contributed by atoms with E-state index in [4.69, 9.17) is 4.74 Å². The summed E-state index contributed by atoms with van der Waals surface area (Å²) in [7, 11) is 0. The van der Waals surface area contributed by atoms with Crippen molar-refractivity contribution < 1.29 is 19.4 Å². The molecular formula is C33H44N2O4. The van der Waals surface area contributed by atoms with E-state index in [2.05, 4.69) is 40.5 Å². The summed E-state index contributed by atoms with van der Waals surface area (Å²) in [4.78, 5) is 27.8. The van der Waals surface area contributed by atoms with Crippen LogP contribution in [-0.2, 0) is 26.2 Å². The molecular weight excluding hydrogens is 488 g/mol. The molecule has 2 N–H and O–H groups in total. The van der Waals surface area contributed by atoms with Gasteiger partial charge in [-0.1, -0.05) is 48.9 Å². The number of aryl methyl sites for hydroxylation is 1. The number of nitrogens with one attached hydrogen (secondary N) is 1. The first kappa shape index (κ1) is 27.7. The predicted molar refractivity (Wildman–Crippen MR) is 152 cm³/mol. The summed E-state index contributed by atoms with van der Waals surface area (Å²) in [5.74, 6) is 0.994. The van der Waals surface area contributed by atoms with Crippen LogP contribution in [0.3, 0.4) is 0 Å². The number of aromatic hydroxyl groups is 1. The number of ether oxygens (including phenoxy) is 1. The molecule has 4 unspecified atom stereocenters. The van der Waals surface area contributed by atoms with Crippen molar-refractivity contribution in [2.45, 2.75) is 88.7 Å². The molecule has 5 rings (SSSR count). The lowest BCUT2D eigenvalue weighted by Gasteiger charge is -2.55. The molecule has 6 heteroatoms. The van der Waals surface area contributed by atoms with E-state index in [1.54, 1.807) is 6.07 Å². The normalized spacial score (nSPS) is 26.9. The molecule has 210 valence electrons. The van der Waals surface area contributed by atoms with E-state index < -0.39 is 0 Å². The number of phenols is 1. The number of hydrogen-bond acceptors (Lipinski definition) is 5. The molecule has 2 aliphatic carbocycles. The maximum absolute atomic E-state index is 13.0. The standard InChI is InChI=1S/C33H44N2O4/c1-24(36)39-31-20-28(34-32(38)14-7-3-6-11-25-9-4-2-5-10-25)21-33(27-12-8-13-29(37)19-27)17-18-35(23-30(31)33)22-26-15-16-26/h2,4-5,8-10,12-13,19,26,28,30-31,37H,3,6-7,11,14-18,20-23H2,1H3,(H,34,38). The first-order valence-electron chi connectivity index (χ1n) is 14.9. The zero-order valence-corrected chi connectivity index (χ0v) is 23.3. The number of carbonyl (C=O) groups excluding carboxylic acids is 2. The van der Waals surface area contributed by atoms with Gasteiger partial charge in [0.2, 0.25) is 5.91 Å². The van der Waals surface area contributed by atoms with Crippen molar-refractivity contribution in [3.63, 3.8) is 0 Å². The van der Waals surface area contributed by atoms with Crippen molar-refractivity contribution in [1.82, 2.24) is 10.2 Å². The van der Waals surface area contributed by atoms with Gasteiger partial charge in [-0.05, 0) is 80.7 Å². The lowest BCUT2D eigenvalue weighted by molar-refractivity contribution is -0.157. The Hall–Kier alpha value is -2.86. The van der Waals surface area contributed by atoms with E-state index in [0.29, 0.717) is 12.8 Å². The van der Waals surface area contributed by atoms with Crippen molar-refractivity contribution >= 4 is 11.9 Å². The Bertz CT molecular complexity index is 1120. The van der Waals surface area contributed by atoms with Gasteiger partial charge in [-0.25, -0.2) is 0 Å². The number of fused-ring (bicyclic) bond motifs is 1. The minimum atomic E-state index is -0.269. The molecule has 39 heavy (non-hydrogen) atoms. The van der Waals surface area contributed by atoms with E-state index in [-0.39, 0.29) is 41.1 Å². The van der Waals surface area contributed by atoms with Crippen LogP contribution in [0.25, 0.3) is 0 Å². The quantitative estimate of drug-likeness (QED) is 0.300. The molecule has 1 saturated heterocycles. The van der Waals surface area contributed by atoms with Crippen LogP contribution in [0.4, 0.5) is 0 Å². The van der Waals surface area contributed by atoms with Gasteiger partial charge in [0, 0.05) is 50.2 Å². The summed E-state index contributed by atoms with van der Waals surface area (Å²) in [6.45, 7) is 4.46. The monoisotopic (exact) mass is 532 g/mol. The highest BCUT2D eigenvalue weighted by Gasteiger charge is 2.54. The minimum absolute atomic E-state index is 0.0697. The molecule has 2 aromatic rings. The Kier molecular flexibility index (Phi) is 8.91. The zero-order valence-electron chi connectivity index (χ0n) is 23.3. The fourth-order valence-corrected chi connectivity index (χ4v) is 7.09. The Morgan fingerprint density at radius 3 is 2.64 bits per heavy atom. The highest BCUT2D eigenvalue weighted by atomic mass is 16.5. The molecule has 0 aromatic heterocycles. The fraction of sp³-hybridized carbons (Fsp3) is 0.576. The molecule has 4 atom stereocenters. The number of amides is 1. The number of phenolic OH excluding ortho intramolecular Hbond substituents is 1. The maximum Gasteiger partial charge on any atom is 0.302 e. The summed E-state index contributed by atoms with van der Waals surface area (Å²) in [5.41, 5.74) is 2.18. The van der Waals surface area contributed by atoms with Crippen LogP contribution in [-0.4, -0.2) is 53.7 Å². The fourth-order valence-electron chi connectivity index (χ4n) is 7.09. The van der Waals surface area contributed by atoms with E-state index in [0.717, 1.165) is 69.6 Å². The van der Waals surface area contributed by atoms with Gasteiger partial charge in [-0.2, -0.15) is 0 Å². The number of unbranched alkanes of at least 4 members (excludes halogenated alkanes) is 2. The SMILES string of the molecule is CC(=O)OC1CC(NC(=O)CCCCCc2ccccc2)CC2(c3cccc(O)c3)CCN(CC3CC3)CC12. The van der Waals surface area contributed by atoms with Crippen molar-refractivity contribution in [1.29, 1.82) is 0 Å². The van der Waals surface area contributed by atoms with Crippen LogP contribution in [0, 0.1) is 11.8 Å². The summed E-state index contributed by atoms with van der Waals surface area (Å²) < 4.78 is 5.99. The van der Waals surface area contributed by atoms with Gasteiger partial charge in [-0.15, -0.1) is 0 Å². The Labute approximate surface area is 233 Å². The van der Waals surface area contributed by atoms with E-state index >= 15 is 0 Å². The first-order valence-corrected chi connectivity index (χ1v) is 14.9. The first-order chi connectivity index (χ1) is 18.9. The average Bonchev–Trinajstić information content (AvgIpc) is 3.73. The zero-order chi connectivity index (χ0) is 27.2. The van der Waals surface area contributed by atoms with Crippen LogP contribution in [0.5, 0.6) is 5.75 Å². The number of benzene rings is 2. The molecule has 2 aromatic carbocycles. The van der Waals surface area contributed by atoms with Crippen LogP contribution in [0.1, 0.15) is 75.8 Å². The highest BCUT2D eigenvalue weighted by molar-refractivity contribution is 5.76. The Morgan fingerprint density at radius 1 is 1.08 bits per heavy atom. The Morgan fingerprint density at radius 2 is 1.90 bits per heavy atom. The number of esters is 1. The van der Waals surface area contributed by atoms with E-state index in [9.17, 15) is 14.7 Å². The maximum atomic E-state index is 13.0. The van der Waals surface area contributed by atoms with Gasteiger partial charge in [0.15, 0.2) is 0 Å². The number of likely N-dealkylation sites (tertiary alicyclic amines) is 1. The number of nitrogens with zero attached hydrogens (tertiary/aromatic N) is 1. The third-order valence-corrected chi connectivity index (χ3v) is 9.14. The van der Waals surface area contributed by atoms with Crippen molar-refractivity contribution in [3.8, 4) is 5.75 Å². The summed E-state index contributed by atoms with van der Waals surface area (Å²) in [5, 5.41) is 13.7. The largest absolute Gasteiger partial charge is 0.508 e. The molecule has 3 fully saturated rings. The smallest absolute Gasteiger partial charge is 0.302 e. The molecule has 0 bridgehead atoms. The van der Waals surface area contributed by atoms with Crippen LogP contribution in [0.2, 0.25) is 0 Å². The van der Waals surface area contributed by atoms with Crippen molar-refractivity contribution in [3.05, 3.63) is 65.7 Å². The minimum Gasteiger partial charge on any atom is -0.508 e. The summed E-state index contributed by atoms with van der Waals surface area (Å²) in [6.07, 6.45) is 9.26. The van der Waals surface area contributed by atoms with Crippen molar-refractivity contribution in [2.24, 2.45) is 11.8 Å². The van der Waals surface area contributed by atoms with Gasteiger partial charge in [0.1, 0.15) is 11.9 Å². The van der Waals surface area contributed by atoms with E-state index in [1.807, 2.05) is 18.2 Å². The van der Waals surface area contributed by atoms with Crippen LogP contribution < -0.4 is 5.32 Å². The lowest BCUT2D eigenvalue weighted by atomic mass is 9.57. The number of carbonyl (C=O) groups is 2. The summed E-state index contributed by atoms with van der Waals surface area (Å²) >= 11 is 0. The third-order valence-electron chi connectivity index (χ3n) is 9.14. The third kappa shape index (κ3) is 7.21. The van der Waals surface area contributed by atoms with Gasteiger partial charge >= 0.3 is 5.97 Å². The second-order valence-corrected chi connectivity index (χ2v) is 12.2. The number of rotatable bonds is 11. The molecule has 1 amide bonds. The molecule has 0 spiro atoms. The average molecular weight is 533 g/mol. The highest BCUT2D eigenvalue weighted by Crippen LogP contribution is 2.51. The number of piperidine rings is 1. The van der Waals surface area contributed by atoms with Gasteiger partial charge in [0.25, 0.3) is 0 Å². The van der Waals surface area contributed by atoms with Gasteiger partial charge < -0.3 is 20.1 Å². The Balaban J connectivity index is 1.26. The molecule has 1 heterocycles. The second kappa shape index (κ2) is 12.5. The van der Waals surface area contributed by atoms with Gasteiger partial charge in [-0.3, -0.25) is 9.59 Å².